The average Bonchev–Trinajstić information content (AvgIpc) is 2.24. The van der Waals surface area contributed by atoms with Crippen molar-refractivity contribution >= 4 is 40.7 Å². The lowest BCUT2D eigenvalue weighted by molar-refractivity contribution is 0.0513. The van der Waals surface area contributed by atoms with Gasteiger partial charge in [0.15, 0.2) is 5.11 Å². The summed E-state index contributed by atoms with van der Waals surface area (Å²) < 4.78 is 5.04. The Morgan fingerprint density at radius 1 is 1.32 bits per heavy atom. The van der Waals surface area contributed by atoms with Gasteiger partial charge in [-0.2, -0.15) is 0 Å². The number of halogens is 1. The molecular formula is C12H16ClN3O2S. The molecule has 0 aliphatic heterocycles. The minimum Gasteiger partial charge on any atom is -0.443 e. The van der Waals surface area contributed by atoms with Crippen molar-refractivity contribution in [1.29, 1.82) is 0 Å². The SMILES string of the molecule is CC(C)(C)OC(=O)NNC(=S)Nc1cccc(Cl)c1. The van der Waals surface area contributed by atoms with E-state index < -0.39 is 11.7 Å². The summed E-state index contributed by atoms with van der Waals surface area (Å²) in [5, 5.41) is 3.69. The molecule has 1 aromatic rings. The fraction of sp³-hybridized carbons (Fsp3) is 0.333. The third kappa shape index (κ3) is 6.83. The number of carbonyl (C=O) groups is 1. The molecule has 1 rings (SSSR count). The lowest BCUT2D eigenvalue weighted by atomic mass is 10.2. The maximum absolute atomic E-state index is 11.4. The Morgan fingerprint density at radius 2 is 2.00 bits per heavy atom. The molecule has 0 heterocycles. The predicted molar refractivity (Wildman–Crippen MR) is 80.2 cm³/mol. The molecule has 0 radical (unpaired) electrons. The van der Waals surface area contributed by atoms with E-state index in [4.69, 9.17) is 28.6 Å². The number of nitrogens with one attached hydrogen (secondary N) is 3. The van der Waals surface area contributed by atoms with Gasteiger partial charge in [-0.1, -0.05) is 17.7 Å². The van der Waals surface area contributed by atoms with Gasteiger partial charge in [-0.25, -0.2) is 10.2 Å². The van der Waals surface area contributed by atoms with Crippen LogP contribution < -0.4 is 16.2 Å². The fourth-order valence-corrected chi connectivity index (χ4v) is 1.50. The van der Waals surface area contributed by atoms with Crippen molar-refractivity contribution in [2.45, 2.75) is 26.4 Å². The van der Waals surface area contributed by atoms with Crippen LogP contribution in [0.3, 0.4) is 0 Å². The normalized spacial score (nSPS) is 10.5. The van der Waals surface area contributed by atoms with Crippen LogP contribution in [0.4, 0.5) is 10.5 Å². The third-order valence-electron chi connectivity index (χ3n) is 1.76. The van der Waals surface area contributed by atoms with E-state index in [0.29, 0.717) is 5.02 Å². The highest BCUT2D eigenvalue weighted by molar-refractivity contribution is 7.80. The molecule has 0 unspecified atom stereocenters. The van der Waals surface area contributed by atoms with E-state index in [-0.39, 0.29) is 5.11 Å². The van der Waals surface area contributed by atoms with Crippen LogP contribution in [0.2, 0.25) is 5.02 Å². The minimum atomic E-state index is -0.609. The smallest absolute Gasteiger partial charge is 0.426 e. The first-order valence-corrected chi connectivity index (χ1v) is 6.36. The summed E-state index contributed by atoms with van der Waals surface area (Å²) in [5.74, 6) is 0. The van der Waals surface area contributed by atoms with Crippen molar-refractivity contribution < 1.29 is 9.53 Å². The molecule has 0 saturated carbocycles. The summed E-state index contributed by atoms with van der Waals surface area (Å²) in [6, 6.07) is 7.05. The number of amides is 1. The molecule has 0 aromatic heterocycles. The number of hydrogen-bond acceptors (Lipinski definition) is 3. The molecule has 1 amide bonds. The van der Waals surface area contributed by atoms with Gasteiger partial charge in [0.2, 0.25) is 0 Å². The monoisotopic (exact) mass is 301 g/mol. The van der Waals surface area contributed by atoms with Gasteiger partial charge < -0.3 is 10.1 Å². The number of anilines is 1. The number of benzene rings is 1. The predicted octanol–water partition coefficient (Wildman–Crippen LogP) is 3.07. The first-order valence-electron chi connectivity index (χ1n) is 5.58. The standard InChI is InChI=1S/C12H16ClN3O2S/c1-12(2,3)18-11(17)16-15-10(19)14-9-6-4-5-8(13)7-9/h4-7H,1-3H3,(H,16,17)(H2,14,15,19). The third-order valence-corrected chi connectivity index (χ3v) is 2.20. The first-order chi connectivity index (χ1) is 8.76. The van der Waals surface area contributed by atoms with Crippen molar-refractivity contribution in [2.24, 2.45) is 0 Å². The lowest BCUT2D eigenvalue weighted by Gasteiger charge is -2.20. The van der Waals surface area contributed by atoms with Crippen LogP contribution in [-0.2, 0) is 4.74 Å². The maximum Gasteiger partial charge on any atom is 0.426 e. The van der Waals surface area contributed by atoms with Crippen LogP contribution in [0.25, 0.3) is 0 Å². The molecular weight excluding hydrogens is 286 g/mol. The molecule has 0 aliphatic rings. The number of hydrogen-bond donors (Lipinski definition) is 3. The Hall–Kier alpha value is -1.53. The molecule has 3 N–H and O–H groups in total. The van der Waals surface area contributed by atoms with Gasteiger partial charge >= 0.3 is 6.09 Å². The zero-order chi connectivity index (χ0) is 14.5. The van der Waals surface area contributed by atoms with Crippen LogP contribution in [0.1, 0.15) is 20.8 Å². The van der Waals surface area contributed by atoms with Crippen LogP contribution in [0, 0.1) is 0 Å². The molecule has 5 nitrogen and oxygen atoms in total. The largest absolute Gasteiger partial charge is 0.443 e. The van der Waals surface area contributed by atoms with Crippen LogP contribution in [0.15, 0.2) is 24.3 Å². The number of carbonyl (C=O) groups excluding carboxylic acids is 1. The van der Waals surface area contributed by atoms with E-state index in [1.54, 1.807) is 45.0 Å². The Morgan fingerprint density at radius 3 is 2.58 bits per heavy atom. The second kappa shape index (κ2) is 6.58. The summed E-state index contributed by atoms with van der Waals surface area (Å²) in [5.41, 5.74) is 5.01. The number of thiocarbonyl (C=S) groups is 1. The molecule has 0 aliphatic carbocycles. The van der Waals surface area contributed by atoms with Crippen molar-refractivity contribution in [1.82, 2.24) is 10.9 Å². The van der Waals surface area contributed by atoms with Crippen molar-refractivity contribution in [3.8, 4) is 0 Å². The van der Waals surface area contributed by atoms with E-state index in [2.05, 4.69) is 16.2 Å². The second-order valence-corrected chi connectivity index (χ2v) is 5.56. The van der Waals surface area contributed by atoms with E-state index in [1.807, 2.05) is 0 Å². The zero-order valence-corrected chi connectivity index (χ0v) is 12.5. The Balaban J connectivity index is 2.38. The summed E-state index contributed by atoms with van der Waals surface area (Å²) >= 11 is 10.8. The highest BCUT2D eigenvalue weighted by Gasteiger charge is 2.15. The van der Waals surface area contributed by atoms with E-state index in [1.165, 1.54) is 0 Å². The minimum absolute atomic E-state index is 0.230. The number of hydrazine groups is 1. The maximum atomic E-state index is 11.4. The average molecular weight is 302 g/mol. The molecule has 0 saturated heterocycles. The summed E-state index contributed by atoms with van der Waals surface area (Å²) in [6.07, 6.45) is -0.609. The van der Waals surface area contributed by atoms with Gasteiger partial charge in [-0.05, 0) is 51.2 Å². The van der Waals surface area contributed by atoms with Crippen molar-refractivity contribution in [3.63, 3.8) is 0 Å². The molecule has 0 spiro atoms. The van der Waals surface area contributed by atoms with Gasteiger partial charge in [0, 0.05) is 10.7 Å². The van der Waals surface area contributed by atoms with Crippen molar-refractivity contribution in [2.75, 3.05) is 5.32 Å². The molecule has 0 atom stereocenters. The fourth-order valence-electron chi connectivity index (χ4n) is 1.14. The molecule has 0 fully saturated rings. The van der Waals surface area contributed by atoms with Gasteiger partial charge in [-0.3, -0.25) is 5.43 Å². The lowest BCUT2D eigenvalue weighted by Crippen LogP contribution is -2.45. The topological polar surface area (TPSA) is 62.4 Å². The molecule has 1 aromatic carbocycles. The van der Waals surface area contributed by atoms with E-state index in [9.17, 15) is 4.79 Å². The number of ether oxygens (including phenoxy) is 1. The number of rotatable bonds is 1. The van der Waals surface area contributed by atoms with Gasteiger partial charge in [0.1, 0.15) is 5.60 Å². The Kier molecular flexibility index (Phi) is 5.38. The van der Waals surface area contributed by atoms with Gasteiger partial charge in [0.05, 0.1) is 0 Å². The molecule has 104 valence electrons. The van der Waals surface area contributed by atoms with E-state index >= 15 is 0 Å². The summed E-state index contributed by atoms with van der Waals surface area (Å²) in [7, 11) is 0. The Bertz CT molecular complexity index is 474. The second-order valence-electron chi connectivity index (χ2n) is 4.72. The zero-order valence-electron chi connectivity index (χ0n) is 10.9. The van der Waals surface area contributed by atoms with Gasteiger partial charge in [-0.15, -0.1) is 0 Å². The molecule has 7 heteroatoms. The van der Waals surface area contributed by atoms with Crippen LogP contribution in [-0.4, -0.2) is 16.8 Å². The van der Waals surface area contributed by atoms with Crippen LogP contribution >= 0.6 is 23.8 Å². The van der Waals surface area contributed by atoms with Gasteiger partial charge in [0.25, 0.3) is 0 Å². The first kappa shape index (κ1) is 15.5. The Labute approximate surface area is 122 Å². The summed E-state index contributed by atoms with van der Waals surface area (Å²) in [6.45, 7) is 5.32. The van der Waals surface area contributed by atoms with Crippen LogP contribution in [0.5, 0.6) is 0 Å². The molecule has 0 bridgehead atoms. The van der Waals surface area contributed by atoms with Crippen molar-refractivity contribution in [3.05, 3.63) is 29.3 Å². The highest BCUT2D eigenvalue weighted by Crippen LogP contribution is 2.14. The summed E-state index contributed by atoms with van der Waals surface area (Å²) in [4.78, 5) is 11.4. The van der Waals surface area contributed by atoms with E-state index in [0.717, 1.165) is 5.69 Å². The molecule has 19 heavy (non-hydrogen) atoms. The quantitative estimate of drug-likeness (QED) is 0.550. The highest BCUT2D eigenvalue weighted by atomic mass is 35.5.